The molecule has 0 aliphatic carbocycles. The molecule has 0 bridgehead atoms. The second-order valence-corrected chi connectivity index (χ2v) is 7.93. The molecular formula is C15H13ClN4O2S2. The Labute approximate surface area is 148 Å². The monoisotopic (exact) mass is 380 g/mol. The van der Waals surface area contributed by atoms with Gasteiger partial charge in [-0.1, -0.05) is 29.0 Å². The number of pyridine rings is 1. The van der Waals surface area contributed by atoms with E-state index in [1.165, 1.54) is 17.4 Å². The Morgan fingerprint density at radius 2 is 2.08 bits per heavy atom. The van der Waals surface area contributed by atoms with Crippen LogP contribution >= 0.6 is 22.9 Å². The van der Waals surface area contributed by atoms with Gasteiger partial charge < -0.3 is 5.32 Å². The van der Waals surface area contributed by atoms with E-state index in [9.17, 15) is 8.42 Å². The van der Waals surface area contributed by atoms with Crippen molar-refractivity contribution in [3.05, 3.63) is 53.4 Å². The van der Waals surface area contributed by atoms with Crippen LogP contribution in [-0.2, 0) is 10.0 Å². The third kappa shape index (κ3) is 3.57. The highest BCUT2D eigenvalue weighted by Crippen LogP contribution is 2.36. The molecule has 0 radical (unpaired) electrons. The molecule has 2 heterocycles. The van der Waals surface area contributed by atoms with Gasteiger partial charge in [-0.3, -0.25) is 4.98 Å². The van der Waals surface area contributed by atoms with E-state index < -0.39 is 10.0 Å². The second-order valence-electron chi connectivity index (χ2n) is 4.99. The molecule has 24 heavy (non-hydrogen) atoms. The molecule has 0 amide bonds. The number of rotatable bonds is 4. The van der Waals surface area contributed by atoms with Gasteiger partial charge in [-0.05, 0) is 36.8 Å². The molecule has 9 heteroatoms. The molecule has 0 spiro atoms. The first-order chi connectivity index (χ1) is 11.3. The number of hydrogen-bond donors (Lipinski definition) is 2. The van der Waals surface area contributed by atoms with Crippen molar-refractivity contribution in [2.24, 2.45) is 5.14 Å². The number of anilines is 2. The zero-order valence-electron chi connectivity index (χ0n) is 12.5. The lowest BCUT2D eigenvalue weighted by Gasteiger charge is -2.04. The molecule has 3 aromatic rings. The smallest absolute Gasteiger partial charge is 0.239 e. The van der Waals surface area contributed by atoms with Gasteiger partial charge in [0, 0.05) is 6.20 Å². The minimum absolute atomic E-state index is 0.0876. The van der Waals surface area contributed by atoms with Crippen LogP contribution in [0.2, 0.25) is 5.02 Å². The number of benzene rings is 1. The van der Waals surface area contributed by atoms with Crippen LogP contribution in [-0.4, -0.2) is 18.4 Å². The molecule has 1 aromatic carbocycles. The lowest BCUT2D eigenvalue weighted by Crippen LogP contribution is -2.12. The number of aryl methyl sites for hydroxylation is 1. The van der Waals surface area contributed by atoms with Gasteiger partial charge >= 0.3 is 0 Å². The standard InChI is InChI=1S/C15H13ClN4O2S2/c1-9-14(10-4-5-13(12(16)7-10)24(17,21)22)23-15(19-9)20-11-3-2-6-18-8-11/h2-8H,1H3,(H,19,20)(H2,17,21,22). The lowest BCUT2D eigenvalue weighted by atomic mass is 10.2. The van der Waals surface area contributed by atoms with Crippen LogP contribution in [0.1, 0.15) is 5.69 Å². The van der Waals surface area contributed by atoms with Gasteiger partial charge in [-0.15, -0.1) is 0 Å². The molecule has 2 aromatic heterocycles. The maximum absolute atomic E-state index is 11.4. The predicted molar refractivity (Wildman–Crippen MR) is 96.2 cm³/mol. The molecule has 0 unspecified atom stereocenters. The van der Waals surface area contributed by atoms with Gasteiger partial charge in [0.1, 0.15) is 4.90 Å². The van der Waals surface area contributed by atoms with Crippen LogP contribution in [0.15, 0.2) is 47.6 Å². The molecule has 0 aliphatic heterocycles. The zero-order chi connectivity index (χ0) is 17.3. The number of hydrogen-bond acceptors (Lipinski definition) is 6. The normalized spacial score (nSPS) is 11.5. The number of nitrogens with two attached hydrogens (primary N) is 1. The van der Waals surface area contributed by atoms with Crippen LogP contribution in [0, 0.1) is 6.92 Å². The zero-order valence-corrected chi connectivity index (χ0v) is 14.9. The molecule has 3 N–H and O–H groups in total. The van der Waals surface area contributed by atoms with E-state index in [1.807, 2.05) is 19.1 Å². The Kier molecular flexibility index (Phi) is 4.55. The van der Waals surface area contributed by atoms with Gasteiger partial charge in [0.2, 0.25) is 10.0 Å². The Bertz CT molecular complexity index is 988. The molecule has 0 atom stereocenters. The average Bonchev–Trinajstić information content (AvgIpc) is 2.87. The summed E-state index contributed by atoms with van der Waals surface area (Å²) in [6.45, 7) is 1.88. The highest BCUT2D eigenvalue weighted by Gasteiger charge is 2.16. The van der Waals surface area contributed by atoms with Crippen molar-refractivity contribution in [1.82, 2.24) is 9.97 Å². The summed E-state index contributed by atoms with van der Waals surface area (Å²) < 4.78 is 22.9. The number of nitrogens with zero attached hydrogens (tertiary/aromatic N) is 2. The number of primary sulfonamides is 1. The van der Waals surface area contributed by atoms with Crippen molar-refractivity contribution in [1.29, 1.82) is 0 Å². The molecule has 6 nitrogen and oxygen atoms in total. The molecular weight excluding hydrogens is 368 g/mol. The first kappa shape index (κ1) is 16.8. The number of sulfonamides is 1. The fraction of sp³-hybridized carbons (Fsp3) is 0.0667. The summed E-state index contributed by atoms with van der Waals surface area (Å²) in [6, 6.07) is 8.37. The lowest BCUT2D eigenvalue weighted by molar-refractivity contribution is 0.598. The van der Waals surface area contributed by atoms with Crippen LogP contribution in [0.5, 0.6) is 0 Å². The van der Waals surface area contributed by atoms with Gasteiger partial charge in [-0.25, -0.2) is 18.5 Å². The van der Waals surface area contributed by atoms with E-state index in [4.69, 9.17) is 16.7 Å². The Hall–Kier alpha value is -2.00. The predicted octanol–water partition coefficient (Wildman–Crippen LogP) is 3.56. The van der Waals surface area contributed by atoms with Crippen molar-refractivity contribution in [3.63, 3.8) is 0 Å². The quantitative estimate of drug-likeness (QED) is 0.721. The number of halogens is 1. The summed E-state index contributed by atoms with van der Waals surface area (Å²) in [4.78, 5) is 9.32. The summed E-state index contributed by atoms with van der Waals surface area (Å²) >= 11 is 7.49. The SMILES string of the molecule is Cc1nc(Nc2cccnc2)sc1-c1ccc(S(N)(=O)=O)c(Cl)c1. The molecule has 0 saturated carbocycles. The van der Waals surface area contributed by atoms with Crippen LogP contribution in [0.25, 0.3) is 10.4 Å². The Morgan fingerprint density at radius 3 is 2.71 bits per heavy atom. The highest BCUT2D eigenvalue weighted by molar-refractivity contribution is 7.89. The van der Waals surface area contributed by atoms with Gasteiger partial charge in [0.25, 0.3) is 0 Å². The summed E-state index contributed by atoms with van der Waals surface area (Å²) in [5, 5.41) is 9.11. The third-order valence-electron chi connectivity index (χ3n) is 3.21. The largest absolute Gasteiger partial charge is 0.330 e. The van der Waals surface area contributed by atoms with E-state index in [0.29, 0.717) is 5.13 Å². The Morgan fingerprint density at radius 1 is 1.29 bits per heavy atom. The van der Waals surface area contributed by atoms with E-state index in [1.54, 1.807) is 24.5 Å². The first-order valence-corrected chi connectivity index (χ1v) is 9.56. The van der Waals surface area contributed by atoms with Crippen molar-refractivity contribution in [2.75, 3.05) is 5.32 Å². The van der Waals surface area contributed by atoms with Crippen LogP contribution < -0.4 is 10.5 Å². The minimum Gasteiger partial charge on any atom is -0.330 e. The van der Waals surface area contributed by atoms with Crippen molar-refractivity contribution >= 4 is 43.8 Å². The number of nitrogens with one attached hydrogen (secondary N) is 1. The van der Waals surface area contributed by atoms with Crippen molar-refractivity contribution in [3.8, 4) is 10.4 Å². The molecule has 0 fully saturated rings. The summed E-state index contributed by atoms with van der Waals surface area (Å²) in [5.41, 5.74) is 2.42. The van der Waals surface area contributed by atoms with Crippen molar-refractivity contribution in [2.45, 2.75) is 11.8 Å². The topological polar surface area (TPSA) is 98.0 Å². The fourth-order valence-electron chi connectivity index (χ4n) is 2.15. The van der Waals surface area contributed by atoms with Crippen LogP contribution in [0.3, 0.4) is 0 Å². The van der Waals surface area contributed by atoms with E-state index in [2.05, 4.69) is 15.3 Å². The minimum atomic E-state index is -3.84. The maximum Gasteiger partial charge on any atom is 0.239 e. The summed E-state index contributed by atoms with van der Waals surface area (Å²) in [5.74, 6) is 0. The first-order valence-electron chi connectivity index (χ1n) is 6.82. The highest BCUT2D eigenvalue weighted by atomic mass is 35.5. The maximum atomic E-state index is 11.4. The van der Waals surface area contributed by atoms with Crippen molar-refractivity contribution < 1.29 is 8.42 Å². The number of aromatic nitrogens is 2. The summed E-state index contributed by atoms with van der Waals surface area (Å²) in [6.07, 6.45) is 3.40. The van der Waals surface area contributed by atoms with E-state index in [-0.39, 0.29) is 9.92 Å². The summed E-state index contributed by atoms with van der Waals surface area (Å²) in [7, 11) is -3.84. The second kappa shape index (κ2) is 6.48. The fourth-order valence-corrected chi connectivity index (χ4v) is 4.23. The van der Waals surface area contributed by atoms with Crippen LogP contribution in [0.4, 0.5) is 10.8 Å². The molecule has 0 saturated heterocycles. The molecule has 124 valence electrons. The number of thiazole rings is 1. The molecule has 3 rings (SSSR count). The third-order valence-corrected chi connectivity index (χ3v) is 5.73. The Balaban J connectivity index is 1.95. The van der Waals surface area contributed by atoms with E-state index >= 15 is 0 Å². The average molecular weight is 381 g/mol. The van der Waals surface area contributed by atoms with Gasteiger partial charge in [-0.2, -0.15) is 0 Å². The molecule has 0 aliphatic rings. The van der Waals surface area contributed by atoms with E-state index in [0.717, 1.165) is 21.8 Å². The van der Waals surface area contributed by atoms with Gasteiger partial charge in [0.05, 0.1) is 27.5 Å². The van der Waals surface area contributed by atoms with Gasteiger partial charge in [0.15, 0.2) is 5.13 Å².